The van der Waals surface area contributed by atoms with E-state index in [2.05, 4.69) is 5.32 Å². The Morgan fingerprint density at radius 2 is 1.83 bits per heavy atom. The number of nitrogens with one attached hydrogen (secondary N) is 1. The fourth-order valence-corrected chi connectivity index (χ4v) is 2.42. The van der Waals surface area contributed by atoms with Gasteiger partial charge in [-0.1, -0.05) is 6.07 Å². The third-order valence-electron chi connectivity index (χ3n) is 4.66. The van der Waals surface area contributed by atoms with Gasteiger partial charge in [0, 0.05) is 6.92 Å². The Morgan fingerprint density at radius 3 is 2.35 bits per heavy atom. The third-order valence-corrected chi connectivity index (χ3v) is 4.66. The summed E-state index contributed by atoms with van der Waals surface area (Å²) in [7, 11) is -0.437. The van der Waals surface area contributed by atoms with Crippen LogP contribution in [0.5, 0.6) is 5.75 Å². The summed E-state index contributed by atoms with van der Waals surface area (Å²) in [5.74, 6) is 0.559. The van der Waals surface area contributed by atoms with Crippen molar-refractivity contribution in [1.29, 1.82) is 0 Å². The Labute approximate surface area is 137 Å². The van der Waals surface area contributed by atoms with Gasteiger partial charge >= 0.3 is 7.12 Å². The predicted octanol–water partition coefficient (Wildman–Crippen LogP) is 2.49. The SMILES string of the molecule is CC(=O)Nc1ccc(B2OC(C)(C)C(C)(C)O2)cc1OC1CC1. The largest absolute Gasteiger partial charge is 0.494 e. The normalized spacial score (nSPS) is 22.0. The summed E-state index contributed by atoms with van der Waals surface area (Å²) in [4.78, 5) is 11.4. The van der Waals surface area contributed by atoms with Crippen LogP contribution in [-0.2, 0) is 14.1 Å². The molecule has 1 aliphatic heterocycles. The summed E-state index contributed by atoms with van der Waals surface area (Å²) in [5, 5.41) is 2.81. The summed E-state index contributed by atoms with van der Waals surface area (Å²) >= 11 is 0. The summed E-state index contributed by atoms with van der Waals surface area (Å²) in [6, 6.07) is 5.67. The molecular weight excluding hydrogens is 293 g/mol. The molecular formula is C17H24BNO4. The maximum Gasteiger partial charge on any atom is 0.494 e. The van der Waals surface area contributed by atoms with Gasteiger partial charge in [0.25, 0.3) is 0 Å². The molecule has 1 aliphatic carbocycles. The molecule has 2 aliphatic rings. The Bertz CT molecular complexity index is 609. The highest BCUT2D eigenvalue weighted by molar-refractivity contribution is 6.62. The molecule has 1 aromatic carbocycles. The number of rotatable bonds is 4. The standard InChI is InChI=1S/C17H24BNO4/c1-11(20)19-14-9-6-12(10-15(14)21-13-7-8-13)18-22-16(2,3)17(4,5)23-18/h6,9-10,13H,7-8H2,1-5H3,(H,19,20). The molecule has 1 N–H and O–H groups in total. The highest BCUT2D eigenvalue weighted by Gasteiger charge is 2.51. The van der Waals surface area contributed by atoms with E-state index in [1.807, 2.05) is 45.9 Å². The van der Waals surface area contributed by atoms with Crippen molar-refractivity contribution in [2.45, 2.75) is 64.8 Å². The first-order chi connectivity index (χ1) is 10.7. The van der Waals surface area contributed by atoms with E-state index in [1.54, 1.807) is 0 Å². The maximum absolute atomic E-state index is 11.4. The minimum Gasteiger partial charge on any atom is -0.488 e. The monoisotopic (exact) mass is 317 g/mol. The Kier molecular flexibility index (Phi) is 3.93. The number of hydrogen-bond donors (Lipinski definition) is 1. The van der Waals surface area contributed by atoms with E-state index in [1.165, 1.54) is 6.92 Å². The number of hydrogen-bond acceptors (Lipinski definition) is 4. The summed E-state index contributed by atoms with van der Waals surface area (Å²) in [6.07, 6.45) is 2.36. The van der Waals surface area contributed by atoms with E-state index in [0.29, 0.717) is 11.4 Å². The zero-order valence-corrected chi connectivity index (χ0v) is 14.4. The van der Waals surface area contributed by atoms with Crippen molar-refractivity contribution in [1.82, 2.24) is 0 Å². The van der Waals surface area contributed by atoms with Crippen molar-refractivity contribution in [3.05, 3.63) is 18.2 Å². The molecule has 1 heterocycles. The number of ether oxygens (including phenoxy) is 1. The van der Waals surface area contributed by atoms with Gasteiger partial charge in [0.1, 0.15) is 5.75 Å². The first kappa shape index (κ1) is 16.3. The van der Waals surface area contributed by atoms with Crippen LogP contribution in [0.2, 0.25) is 0 Å². The fourth-order valence-electron chi connectivity index (χ4n) is 2.42. The molecule has 1 saturated heterocycles. The van der Waals surface area contributed by atoms with E-state index < -0.39 is 7.12 Å². The molecule has 2 fully saturated rings. The number of carbonyl (C=O) groups is 1. The van der Waals surface area contributed by atoms with Gasteiger partial charge < -0.3 is 19.4 Å². The molecule has 1 amide bonds. The molecule has 0 unspecified atom stereocenters. The molecule has 0 radical (unpaired) electrons. The quantitative estimate of drug-likeness (QED) is 0.867. The van der Waals surface area contributed by atoms with E-state index in [4.69, 9.17) is 14.0 Å². The molecule has 1 saturated carbocycles. The summed E-state index contributed by atoms with van der Waals surface area (Å²) in [5.41, 5.74) is 0.815. The van der Waals surface area contributed by atoms with Crippen LogP contribution in [0.15, 0.2) is 18.2 Å². The zero-order chi connectivity index (χ0) is 16.8. The lowest BCUT2D eigenvalue weighted by molar-refractivity contribution is -0.114. The van der Waals surface area contributed by atoms with Gasteiger partial charge in [-0.2, -0.15) is 0 Å². The molecule has 23 heavy (non-hydrogen) atoms. The minimum absolute atomic E-state index is 0.117. The van der Waals surface area contributed by atoms with Crippen LogP contribution in [0.4, 0.5) is 5.69 Å². The van der Waals surface area contributed by atoms with Gasteiger partial charge in [-0.3, -0.25) is 4.79 Å². The second kappa shape index (κ2) is 5.53. The van der Waals surface area contributed by atoms with Crippen LogP contribution in [0, 0.1) is 0 Å². The van der Waals surface area contributed by atoms with Crippen molar-refractivity contribution in [2.24, 2.45) is 0 Å². The number of benzene rings is 1. The number of anilines is 1. The highest BCUT2D eigenvalue weighted by Crippen LogP contribution is 2.37. The van der Waals surface area contributed by atoms with Gasteiger partial charge in [-0.05, 0) is 58.1 Å². The van der Waals surface area contributed by atoms with Gasteiger partial charge in [0.15, 0.2) is 0 Å². The van der Waals surface area contributed by atoms with Crippen LogP contribution in [-0.4, -0.2) is 30.3 Å². The molecule has 0 spiro atoms. The minimum atomic E-state index is -0.437. The lowest BCUT2D eigenvalue weighted by Crippen LogP contribution is -2.41. The lowest BCUT2D eigenvalue weighted by Gasteiger charge is -2.32. The van der Waals surface area contributed by atoms with Crippen LogP contribution in [0.25, 0.3) is 0 Å². The zero-order valence-electron chi connectivity index (χ0n) is 14.4. The predicted molar refractivity (Wildman–Crippen MR) is 90.1 cm³/mol. The Hall–Kier alpha value is -1.53. The maximum atomic E-state index is 11.4. The molecule has 0 bridgehead atoms. The molecule has 5 nitrogen and oxygen atoms in total. The Balaban J connectivity index is 1.87. The number of carbonyl (C=O) groups excluding carboxylic acids is 1. The lowest BCUT2D eigenvalue weighted by atomic mass is 9.79. The topological polar surface area (TPSA) is 56.8 Å². The van der Waals surface area contributed by atoms with Crippen molar-refractivity contribution < 1.29 is 18.8 Å². The average Bonchev–Trinajstić information content (AvgIpc) is 3.19. The van der Waals surface area contributed by atoms with E-state index in [-0.39, 0.29) is 23.2 Å². The van der Waals surface area contributed by atoms with Gasteiger partial charge in [0.05, 0.1) is 23.0 Å². The van der Waals surface area contributed by atoms with E-state index in [9.17, 15) is 4.79 Å². The van der Waals surface area contributed by atoms with Gasteiger partial charge in [-0.15, -0.1) is 0 Å². The first-order valence-corrected chi connectivity index (χ1v) is 8.12. The molecule has 1 aromatic rings. The summed E-state index contributed by atoms with van der Waals surface area (Å²) in [6.45, 7) is 9.60. The second-order valence-corrected chi connectivity index (χ2v) is 7.34. The molecule has 124 valence electrons. The average molecular weight is 317 g/mol. The van der Waals surface area contributed by atoms with Gasteiger partial charge in [-0.25, -0.2) is 0 Å². The molecule has 0 aromatic heterocycles. The smallest absolute Gasteiger partial charge is 0.488 e. The summed E-state index contributed by atoms with van der Waals surface area (Å²) < 4.78 is 18.1. The van der Waals surface area contributed by atoms with Gasteiger partial charge in [0.2, 0.25) is 5.91 Å². The van der Waals surface area contributed by atoms with E-state index >= 15 is 0 Å². The van der Waals surface area contributed by atoms with Crippen LogP contribution < -0.4 is 15.5 Å². The highest BCUT2D eigenvalue weighted by atomic mass is 16.7. The van der Waals surface area contributed by atoms with Crippen LogP contribution in [0.3, 0.4) is 0 Å². The third kappa shape index (κ3) is 3.38. The van der Waals surface area contributed by atoms with E-state index in [0.717, 1.165) is 18.3 Å². The molecule has 0 atom stereocenters. The Morgan fingerprint density at radius 1 is 1.22 bits per heavy atom. The first-order valence-electron chi connectivity index (χ1n) is 8.12. The second-order valence-electron chi connectivity index (χ2n) is 7.34. The van der Waals surface area contributed by atoms with Crippen molar-refractivity contribution in [3.8, 4) is 5.75 Å². The van der Waals surface area contributed by atoms with Crippen LogP contribution in [0.1, 0.15) is 47.5 Å². The van der Waals surface area contributed by atoms with Crippen molar-refractivity contribution in [2.75, 3.05) is 5.32 Å². The van der Waals surface area contributed by atoms with Crippen molar-refractivity contribution >= 4 is 24.2 Å². The molecule has 6 heteroatoms. The van der Waals surface area contributed by atoms with Crippen molar-refractivity contribution in [3.63, 3.8) is 0 Å². The number of amides is 1. The van der Waals surface area contributed by atoms with Crippen LogP contribution >= 0.6 is 0 Å². The molecule has 3 rings (SSSR count). The fraction of sp³-hybridized carbons (Fsp3) is 0.588.